The summed E-state index contributed by atoms with van der Waals surface area (Å²) in [5, 5.41) is 0. The molecule has 0 saturated carbocycles. The van der Waals surface area contributed by atoms with Crippen LogP contribution in [0.1, 0.15) is 0 Å². The Balaban J connectivity index is 2.63. The van der Waals surface area contributed by atoms with Gasteiger partial charge in [0.05, 0.1) is 0 Å². The van der Waals surface area contributed by atoms with E-state index in [1.807, 2.05) is 14.1 Å². The summed E-state index contributed by atoms with van der Waals surface area (Å²) >= 11 is 4.69. The van der Waals surface area contributed by atoms with Gasteiger partial charge in [0, 0.05) is 12.3 Å². The highest BCUT2D eigenvalue weighted by Gasteiger charge is 1.80. The number of hydrogen-bond donors (Lipinski definition) is 0. The molecule has 0 atom stereocenters. The Hall–Kier alpha value is 0.310. The summed E-state index contributed by atoms with van der Waals surface area (Å²) in [6.45, 7) is 1.02. The smallest absolute Gasteiger partial charge is 0.0165 e. The van der Waals surface area contributed by atoms with Crippen molar-refractivity contribution in [1.29, 1.82) is 0 Å². The van der Waals surface area contributed by atoms with Gasteiger partial charge in [0.15, 0.2) is 0 Å². The summed E-state index contributed by atoms with van der Waals surface area (Å²) in [4.78, 5) is 2.08. The molecule has 1 nitrogen and oxygen atoms in total. The quantitative estimate of drug-likeness (QED) is 0.499. The van der Waals surface area contributed by atoms with Crippen LogP contribution in [0, 0.1) is 0 Å². The molecule has 0 fully saturated rings. The molecule has 0 aliphatic carbocycles. The van der Waals surface area contributed by atoms with E-state index in [2.05, 4.69) is 17.5 Å². The first-order valence-electron chi connectivity index (χ1n) is 2.00. The molecule has 1 radical (unpaired) electrons. The van der Waals surface area contributed by atoms with E-state index in [0.717, 1.165) is 12.3 Å². The Bertz CT molecular complexity index is 28.7. The van der Waals surface area contributed by atoms with Crippen molar-refractivity contribution in [3.63, 3.8) is 0 Å². The van der Waals surface area contributed by atoms with Crippen molar-refractivity contribution in [3.8, 4) is 0 Å². The molecule has 0 bridgehead atoms. The van der Waals surface area contributed by atoms with Crippen molar-refractivity contribution in [1.82, 2.24) is 4.90 Å². The monoisotopic (exact) mass is 104 g/mol. The second-order valence-electron chi connectivity index (χ2n) is 1.51. The molecule has 0 aromatic heterocycles. The zero-order chi connectivity index (χ0) is 4.99. The first-order valence-corrected chi connectivity index (χ1v) is 2.58. The molecular weight excluding hydrogens is 94.1 g/mol. The van der Waals surface area contributed by atoms with Gasteiger partial charge in [-0.05, 0) is 14.1 Å². The molecule has 0 saturated heterocycles. The summed E-state index contributed by atoms with van der Waals surface area (Å²) in [6, 6.07) is 0. The van der Waals surface area contributed by atoms with E-state index in [9.17, 15) is 0 Å². The van der Waals surface area contributed by atoms with Gasteiger partial charge in [0.1, 0.15) is 0 Å². The van der Waals surface area contributed by atoms with Crippen LogP contribution < -0.4 is 0 Å². The summed E-state index contributed by atoms with van der Waals surface area (Å²) in [6.07, 6.45) is 0. The molecule has 0 unspecified atom stereocenters. The van der Waals surface area contributed by atoms with Crippen molar-refractivity contribution in [2.45, 2.75) is 0 Å². The Morgan fingerprint density at radius 2 is 2.00 bits per heavy atom. The summed E-state index contributed by atoms with van der Waals surface area (Å²) in [7, 11) is 4.04. The Morgan fingerprint density at radius 3 is 2.00 bits per heavy atom. The summed E-state index contributed by atoms with van der Waals surface area (Å²) < 4.78 is 0. The lowest BCUT2D eigenvalue weighted by Crippen LogP contribution is -2.13. The third-order valence-electron chi connectivity index (χ3n) is 0.539. The van der Waals surface area contributed by atoms with Gasteiger partial charge in [0.2, 0.25) is 0 Å². The normalized spacial score (nSPS) is 10.0. The second-order valence-corrected chi connectivity index (χ2v) is 1.92. The molecule has 0 spiro atoms. The Kier molecular flexibility index (Phi) is 3.68. The topological polar surface area (TPSA) is 3.24 Å². The Labute approximate surface area is 44.7 Å². The van der Waals surface area contributed by atoms with E-state index in [-0.39, 0.29) is 0 Å². The number of nitrogens with zero attached hydrogens (tertiary/aromatic N) is 1. The lowest BCUT2D eigenvalue weighted by molar-refractivity contribution is 0.438. The van der Waals surface area contributed by atoms with Crippen molar-refractivity contribution in [2.24, 2.45) is 0 Å². The third-order valence-corrected chi connectivity index (χ3v) is 0.721. The fourth-order valence-electron chi connectivity index (χ4n) is 0.183. The maximum atomic E-state index is 4.69. The average molecular weight is 104 g/mol. The van der Waals surface area contributed by atoms with Crippen molar-refractivity contribution < 1.29 is 0 Å². The zero-order valence-corrected chi connectivity index (χ0v) is 5.09. The number of hydrogen-bond acceptors (Lipinski definition) is 1. The molecule has 2 heteroatoms. The first kappa shape index (κ1) is 6.31. The molecule has 6 heavy (non-hydrogen) atoms. The Morgan fingerprint density at radius 1 is 1.50 bits per heavy atom. The van der Waals surface area contributed by atoms with Crippen LogP contribution in [0.15, 0.2) is 0 Å². The van der Waals surface area contributed by atoms with Gasteiger partial charge in [-0.15, -0.1) is 0 Å². The molecule has 37 valence electrons. The molecule has 0 aromatic carbocycles. The highest BCUT2D eigenvalue weighted by Crippen LogP contribution is 1.74. The van der Waals surface area contributed by atoms with E-state index in [4.69, 9.17) is 0 Å². The van der Waals surface area contributed by atoms with Crippen LogP contribution in [0.2, 0.25) is 0 Å². The van der Waals surface area contributed by atoms with Gasteiger partial charge in [-0.2, -0.15) is 0 Å². The van der Waals surface area contributed by atoms with Crippen LogP contribution in [-0.2, 0) is 0 Å². The van der Waals surface area contributed by atoms with Gasteiger partial charge in [-0.25, -0.2) is 0 Å². The van der Waals surface area contributed by atoms with E-state index in [0.29, 0.717) is 0 Å². The van der Waals surface area contributed by atoms with Crippen LogP contribution in [0.25, 0.3) is 0 Å². The molecule has 0 heterocycles. The van der Waals surface area contributed by atoms with Crippen LogP contribution in [0.5, 0.6) is 0 Å². The predicted octanol–water partition coefficient (Wildman–Crippen LogP) is 0.745. The van der Waals surface area contributed by atoms with Crippen LogP contribution in [0.3, 0.4) is 0 Å². The highest BCUT2D eigenvalue weighted by atomic mass is 32.1. The van der Waals surface area contributed by atoms with E-state index >= 15 is 0 Å². The van der Waals surface area contributed by atoms with Gasteiger partial charge in [0.25, 0.3) is 0 Å². The molecule has 0 aliphatic rings. The average Bonchev–Trinajstić information content (AvgIpc) is 1.35. The maximum absolute atomic E-state index is 4.69. The fourth-order valence-corrected chi connectivity index (χ4v) is 0.548. The molecule has 0 amide bonds. The largest absolute Gasteiger partial charge is 0.309 e. The molecule has 0 rings (SSSR count). The molecular formula is C4H10NS. The molecule has 0 N–H and O–H groups in total. The van der Waals surface area contributed by atoms with Crippen LogP contribution in [0.4, 0.5) is 0 Å². The first-order chi connectivity index (χ1) is 2.77. The summed E-state index contributed by atoms with van der Waals surface area (Å²) in [5.74, 6) is 0.840. The van der Waals surface area contributed by atoms with E-state index < -0.39 is 0 Å². The van der Waals surface area contributed by atoms with Crippen molar-refractivity contribution in [2.75, 3.05) is 26.4 Å². The predicted molar refractivity (Wildman–Crippen MR) is 31.0 cm³/mol. The zero-order valence-electron chi connectivity index (χ0n) is 4.27. The van der Waals surface area contributed by atoms with Gasteiger partial charge in [-0.3, -0.25) is 0 Å². The van der Waals surface area contributed by atoms with Crippen molar-refractivity contribution >= 4 is 12.6 Å². The standard InChI is InChI=1S/C4H10NS/c1-5(2)3-4-6/h3-4H2,1-2H3. The fraction of sp³-hybridized carbons (Fsp3) is 1.00. The minimum Gasteiger partial charge on any atom is -0.309 e. The molecule has 0 aliphatic heterocycles. The SMILES string of the molecule is CN(C)CC[S]. The minimum atomic E-state index is 0.840. The third kappa shape index (κ3) is 4.31. The van der Waals surface area contributed by atoms with Crippen LogP contribution >= 0.6 is 12.6 Å². The lowest BCUT2D eigenvalue weighted by Gasteiger charge is -2.03. The maximum Gasteiger partial charge on any atom is 0.0165 e. The highest BCUT2D eigenvalue weighted by molar-refractivity contribution is 7.80. The molecule has 0 aromatic rings. The van der Waals surface area contributed by atoms with Gasteiger partial charge < -0.3 is 4.90 Å². The minimum absolute atomic E-state index is 0.840. The van der Waals surface area contributed by atoms with Crippen LogP contribution in [-0.4, -0.2) is 31.3 Å². The van der Waals surface area contributed by atoms with Crippen molar-refractivity contribution in [3.05, 3.63) is 0 Å². The number of rotatable bonds is 2. The van der Waals surface area contributed by atoms with Gasteiger partial charge in [-0.1, -0.05) is 12.6 Å². The van der Waals surface area contributed by atoms with E-state index in [1.54, 1.807) is 0 Å². The van der Waals surface area contributed by atoms with E-state index in [1.165, 1.54) is 0 Å². The second kappa shape index (κ2) is 3.50. The lowest BCUT2D eigenvalue weighted by atomic mass is 10.7. The van der Waals surface area contributed by atoms with Gasteiger partial charge >= 0.3 is 0 Å². The summed E-state index contributed by atoms with van der Waals surface area (Å²) in [5.41, 5.74) is 0.